The van der Waals surface area contributed by atoms with Gasteiger partial charge in [-0.05, 0) is 24.4 Å². The van der Waals surface area contributed by atoms with Crippen LogP contribution < -0.4 is 0 Å². The van der Waals surface area contributed by atoms with Crippen molar-refractivity contribution in [1.29, 1.82) is 0 Å². The first-order chi connectivity index (χ1) is 9.82. The number of amides is 1. The number of aromatic nitrogens is 3. The molecule has 8 nitrogen and oxygen atoms in total. The lowest BCUT2D eigenvalue weighted by atomic mass is 10.2. The number of benzene rings is 1. The molecule has 0 aliphatic rings. The van der Waals surface area contributed by atoms with E-state index in [1.54, 1.807) is 37.8 Å². The second-order valence-electron chi connectivity index (χ2n) is 4.56. The van der Waals surface area contributed by atoms with Gasteiger partial charge >= 0.3 is 6.03 Å². The third-order valence-corrected chi connectivity index (χ3v) is 3.33. The van der Waals surface area contributed by atoms with Gasteiger partial charge < -0.3 is 9.47 Å². The Kier molecular flexibility index (Phi) is 3.85. The Balaban J connectivity index is 2.50. The van der Waals surface area contributed by atoms with Gasteiger partial charge in [0.05, 0.1) is 4.92 Å². The van der Waals surface area contributed by atoms with Gasteiger partial charge in [-0.3, -0.25) is 10.1 Å². The Morgan fingerprint density at radius 1 is 1.33 bits per heavy atom. The average molecular weight is 307 g/mol. The van der Waals surface area contributed by atoms with E-state index >= 15 is 0 Å². The molecule has 2 aromatic rings. The molecule has 0 saturated carbocycles. The summed E-state index contributed by atoms with van der Waals surface area (Å²) in [5, 5.41) is 14.8. The van der Waals surface area contributed by atoms with Crippen LogP contribution in [0.25, 0.3) is 11.4 Å². The predicted molar refractivity (Wildman–Crippen MR) is 78.6 cm³/mol. The number of nitro groups is 1. The van der Waals surface area contributed by atoms with Crippen LogP contribution in [0.2, 0.25) is 0 Å². The lowest BCUT2D eigenvalue weighted by Gasteiger charge is -2.08. The highest BCUT2D eigenvalue weighted by Gasteiger charge is 2.17. The summed E-state index contributed by atoms with van der Waals surface area (Å²) in [4.78, 5) is 23.5. The van der Waals surface area contributed by atoms with Crippen molar-refractivity contribution in [3.8, 4) is 11.4 Å². The van der Waals surface area contributed by atoms with Gasteiger partial charge in [0.2, 0.25) is 4.77 Å². The summed E-state index contributed by atoms with van der Waals surface area (Å²) in [7, 11) is 4.89. The molecule has 0 bridgehead atoms. The Morgan fingerprint density at radius 3 is 2.38 bits per heavy atom. The van der Waals surface area contributed by atoms with E-state index in [9.17, 15) is 14.9 Å². The highest BCUT2D eigenvalue weighted by atomic mass is 32.1. The highest BCUT2D eigenvalue weighted by molar-refractivity contribution is 7.71. The fourth-order valence-corrected chi connectivity index (χ4v) is 1.94. The number of nitrogens with zero attached hydrogens (tertiary/aromatic N) is 5. The molecule has 0 unspecified atom stereocenters. The first-order valence-electron chi connectivity index (χ1n) is 5.95. The molecular weight excluding hydrogens is 294 g/mol. The van der Waals surface area contributed by atoms with Crippen LogP contribution in [0.15, 0.2) is 24.3 Å². The average Bonchev–Trinajstić information content (AvgIpc) is 2.74. The molecule has 0 aliphatic carbocycles. The zero-order valence-electron chi connectivity index (χ0n) is 11.7. The molecular formula is C12H13N5O3S. The van der Waals surface area contributed by atoms with E-state index in [1.807, 2.05) is 0 Å². The van der Waals surface area contributed by atoms with Crippen molar-refractivity contribution in [2.75, 3.05) is 14.1 Å². The number of hydrogen-bond acceptors (Lipinski definition) is 5. The molecule has 0 spiro atoms. The summed E-state index contributed by atoms with van der Waals surface area (Å²) < 4.78 is 2.95. The lowest BCUT2D eigenvalue weighted by Crippen LogP contribution is -2.28. The first-order valence-corrected chi connectivity index (χ1v) is 6.36. The molecule has 0 N–H and O–H groups in total. The van der Waals surface area contributed by atoms with Gasteiger partial charge in [0.1, 0.15) is 0 Å². The number of carbonyl (C=O) groups is 1. The summed E-state index contributed by atoms with van der Waals surface area (Å²) >= 11 is 5.18. The number of hydrogen-bond donors (Lipinski definition) is 0. The molecule has 0 radical (unpaired) electrons. The molecule has 0 fully saturated rings. The van der Waals surface area contributed by atoms with Crippen LogP contribution in [-0.2, 0) is 7.05 Å². The Labute approximate surface area is 125 Å². The minimum atomic E-state index is -0.476. The summed E-state index contributed by atoms with van der Waals surface area (Å²) in [6.45, 7) is 0. The number of non-ortho nitro benzene ring substituents is 1. The molecule has 21 heavy (non-hydrogen) atoms. The topological polar surface area (TPSA) is 86.2 Å². The molecule has 9 heteroatoms. The quantitative estimate of drug-likeness (QED) is 0.481. The van der Waals surface area contributed by atoms with Gasteiger partial charge in [-0.2, -0.15) is 4.68 Å². The van der Waals surface area contributed by atoms with Crippen molar-refractivity contribution >= 4 is 23.9 Å². The Morgan fingerprint density at radius 2 is 1.90 bits per heavy atom. The Bertz CT molecular complexity index is 760. The summed E-state index contributed by atoms with van der Waals surface area (Å²) in [6.07, 6.45) is 0. The largest absolute Gasteiger partial charge is 0.346 e. The maximum absolute atomic E-state index is 12.0. The molecule has 0 saturated heterocycles. The van der Waals surface area contributed by atoms with Crippen LogP contribution in [0, 0.1) is 14.9 Å². The van der Waals surface area contributed by atoms with Crippen molar-refractivity contribution < 1.29 is 9.72 Å². The van der Waals surface area contributed by atoms with Crippen LogP contribution in [0.4, 0.5) is 10.5 Å². The monoisotopic (exact) mass is 307 g/mol. The maximum atomic E-state index is 12.0. The molecule has 0 atom stereocenters. The third-order valence-electron chi connectivity index (χ3n) is 2.88. The molecule has 1 aromatic carbocycles. The third kappa shape index (κ3) is 2.68. The van der Waals surface area contributed by atoms with Crippen molar-refractivity contribution in [1.82, 2.24) is 19.2 Å². The Hall–Kier alpha value is -2.55. The molecule has 2 rings (SSSR count). The lowest BCUT2D eigenvalue weighted by molar-refractivity contribution is -0.384. The van der Waals surface area contributed by atoms with Crippen LogP contribution in [0.3, 0.4) is 0 Å². The van der Waals surface area contributed by atoms with E-state index in [0.717, 1.165) is 4.68 Å². The van der Waals surface area contributed by atoms with E-state index in [4.69, 9.17) is 12.2 Å². The fourth-order valence-electron chi connectivity index (χ4n) is 1.73. The molecule has 1 amide bonds. The fraction of sp³-hybridized carbons (Fsp3) is 0.250. The smallest absolute Gasteiger partial charge is 0.329 e. The number of rotatable bonds is 2. The van der Waals surface area contributed by atoms with E-state index in [1.165, 1.54) is 17.0 Å². The highest BCUT2D eigenvalue weighted by Crippen LogP contribution is 2.21. The molecule has 110 valence electrons. The normalized spacial score (nSPS) is 10.4. The molecule has 0 aliphatic heterocycles. The van der Waals surface area contributed by atoms with E-state index in [0.29, 0.717) is 11.4 Å². The van der Waals surface area contributed by atoms with Crippen molar-refractivity contribution in [2.45, 2.75) is 0 Å². The van der Waals surface area contributed by atoms with Gasteiger partial charge in [0, 0.05) is 38.8 Å². The van der Waals surface area contributed by atoms with Crippen LogP contribution >= 0.6 is 12.2 Å². The summed E-state index contributed by atoms with van der Waals surface area (Å²) in [5.74, 6) is 0.463. The van der Waals surface area contributed by atoms with Crippen molar-refractivity contribution in [3.63, 3.8) is 0 Å². The minimum Gasteiger partial charge on any atom is -0.329 e. The minimum absolute atomic E-state index is 0.0104. The van der Waals surface area contributed by atoms with Gasteiger partial charge in [-0.15, -0.1) is 5.10 Å². The van der Waals surface area contributed by atoms with Gasteiger partial charge in [-0.25, -0.2) is 4.79 Å². The van der Waals surface area contributed by atoms with Crippen LogP contribution in [-0.4, -0.2) is 44.3 Å². The summed E-state index contributed by atoms with van der Waals surface area (Å²) in [6, 6.07) is 5.54. The number of carbonyl (C=O) groups excluding carboxylic acids is 1. The second-order valence-corrected chi connectivity index (χ2v) is 4.92. The van der Waals surface area contributed by atoms with Crippen molar-refractivity contribution in [3.05, 3.63) is 39.2 Å². The zero-order chi connectivity index (χ0) is 15.7. The standard InChI is InChI=1S/C12H13N5O3S/c1-14(2)11(18)16-12(21)15(3)10(13-16)8-4-6-9(7-5-8)17(19)20/h4-7H,1-3H3. The number of nitro benzene ring substituents is 1. The van der Waals surface area contributed by atoms with Crippen LogP contribution in [0.1, 0.15) is 0 Å². The van der Waals surface area contributed by atoms with E-state index < -0.39 is 4.92 Å². The molecule has 1 heterocycles. The zero-order valence-corrected chi connectivity index (χ0v) is 12.5. The predicted octanol–water partition coefficient (Wildman–Crippen LogP) is 2.06. The summed E-state index contributed by atoms with van der Waals surface area (Å²) in [5.41, 5.74) is 0.628. The second kappa shape index (κ2) is 5.44. The van der Waals surface area contributed by atoms with Crippen LogP contribution in [0.5, 0.6) is 0 Å². The van der Waals surface area contributed by atoms with Crippen molar-refractivity contribution in [2.24, 2.45) is 7.05 Å². The molecule has 1 aromatic heterocycles. The SMILES string of the molecule is CN(C)C(=O)n1nc(-c2ccc([N+](=O)[O-])cc2)n(C)c1=S. The van der Waals surface area contributed by atoms with Gasteiger partial charge in [0.25, 0.3) is 5.69 Å². The maximum Gasteiger partial charge on any atom is 0.346 e. The van der Waals surface area contributed by atoms with Gasteiger partial charge in [-0.1, -0.05) is 0 Å². The van der Waals surface area contributed by atoms with Gasteiger partial charge in [0.15, 0.2) is 5.82 Å². The van der Waals surface area contributed by atoms with E-state index in [2.05, 4.69) is 5.10 Å². The first kappa shape index (κ1) is 14.9. The van der Waals surface area contributed by atoms with E-state index in [-0.39, 0.29) is 16.5 Å².